The molecular formula is C12H17FN2O2S2. The zero-order chi connectivity index (χ0) is 15.0. The summed E-state index contributed by atoms with van der Waals surface area (Å²) in [5, 5.41) is 0. The third-order valence-electron chi connectivity index (χ3n) is 3.02. The summed E-state index contributed by atoms with van der Waals surface area (Å²) in [5.74, 6) is -0.459. The number of hydrogen-bond acceptors (Lipinski definition) is 3. The summed E-state index contributed by atoms with van der Waals surface area (Å²) in [4.78, 5) is 0.183. The summed E-state index contributed by atoms with van der Waals surface area (Å²) in [6.45, 7) is 4.72. The van der Waals surface area contributed by atoms with Crippen LogP contribution < -0.4 is 5.73 Å². The lowest BCUT2D eigenvalue weighted by Crippen LogP contribution is -2.43. The second kappa shape index (κ2) is 5.52. The molecule has 1 rings (SSSR count). The fourth-order valence-corrected chi connectivity index (χ4v) is 3.81. The van der Waals surface area contributed by atoms with Gasteiger partial charge in [0.05, 0.1) is 15.9 Å². The van der Waals surface area contributed by atoms with Gasteiger partial charge in [0.15, 0.2) is 0 Å². The van der Waals surface area contributed by atoms with Gasteiger partial charge in [-0.05, 0) is 44.0 Å². The lowest BCUT2D eigenvalue weighted by Gasteiger charge is -2.25. The van der Waals surface area contributed by atoms with Crippen LogP contribution in [0.15, 0.2) is 17.0 Å². The quantitative estimate of drug-likeness (QED) is 0.861. The first kappa shape index (κ1) is 16.0. The Labute approximate surface area is 118 Å². The van der Waals surface area contributed by atoms with Gasteiger partial charge in [-0.3, -0.25) is 0 Å². The molecule has 1 aromatic carbocycles. The molecule has 0 aliphatic carbocycles. The van der Waals surface area contributed by atoms with Crippen LogP contribution in [-0.4, -0.2) is 30.8 Å². The van der Waals surface area contributed by atoms with E-state index in [0.717, 1.165) is 4.31 Å². The second-order valence-electron chi connectivity index (χ2n) is 4.47. The summed E-state index contributed by atoms with van der Waals surface area (Å²) in [6, 6.07) is 1.78. The predicted molar refractivity (Wildman–Crippen MR) is 77.1 cm³/mol. The second-order valence-corrected chi connectivity index (χ2v) is 6.87. The zero-order valence-electron chi connectivity index (χ0n) is 11.3. The van der Waals surface area contributed by atoms with Gasteiger partial charge in [-0.15, -0.1) is 0 Å². The number of thiocarbonyl (C=S) groups is 1. The molecule has 4 nitrogen and oxygen atoms in total. The topological polar surface area (TPSA) is 63.4 Å². The molecule has 7 heteroatoms. The summed E-state index contributed by atoms with van der Waals surface area (Å²) in [5.41, 5.74) is 6.20. The van der Waals surface area contributed by atoms with Crippen molar-refractivity contribution < 1.29 is 12.8 Å². The Morgan fingerprint density at radius 3 is 2.16 bits per heavy atom. The molecule has 2 N–H and O–H groups in total. The summed E-state index contributed by atoms with van der Waals surface area (Å²) in [7, 11) is -2.36. The van der Waals surface area contributed by atoms with Gasteiger partial charge in [0, 0.05) is 7.05 Å². The zero-order valence-corrected chi connectivity index (χ0v) is 12.9. The van der Waals surface area contributed by atoms with Crippen molar-refractivity contribution in [3.63, 3.8) is 0 Å². The molecular weight excluding hydrogens is 287 g/mol. The van der Waals surface area contributed by atoms with E-state index >= 15 is 0 Å². The van der Waals surface area contributed by atoms with E-state index in [9.17, 15) is 12.8 Å². The SMILES string of the molecule is Cc1cc(F)cc(C)c1S(=O)(=O)N(C)C(C)C(N)=S. The van der Waals surface area contributed by atoms with Crippen LogP contribution in [0.4, 0.5) is 4.39 Å². The number of hydrogen-bond donors (Lipinski definition) is 1. The summed E-state index contributed by atoms with van der Waals surface area (Å²) < 4.78 is 39.4. The molecule has 0 fully saturated rings. The number of aryl methyl sites for hydroxylation is 2. The van der Waals surface area contributed by atoms with E-state index in [-0.39, 0.29) is 9.88 Å². The van der Waals surface area contributed by atoms with Crippen LogP contribution in [0.25, 0.3) is 0 Å². The highest BCUT2D eigenvalue weighted by atomic mass is 32.2. The highest BCUT2D eigenvalue weighted by Crippen LogP contribution is 2.25. The van der Waals surface area contributed by atoms with Crippen LogP contribution in [-0.2, 0) is 10.0 Å². The molecule has 0 radical (unpaired) electrons. The first-order valence-corrected chi connectivity index (χ1v) is 7.48. The van der Waals surface area contributed by atoms with Gasteiger partial charge in [-0.25, -0.2) is 12.8 Å². The van der Waals surface area contributed by atoms with Crippen molar-refractivity contribution in [2.75, 3.05) is 7.05 Å². The fourth-order valence-electron chi connectivity index (χ4n) is 1.84. The van der Waals surface area contributed by atoms with Gasteiger partial charge < -0.3 is 5.73 Å². The molecule has 0 aliphatic rings. The van der Waals surface area contributed by atoms with Crippen LogP contribution in [0.3, 0.4) is 0 Å². The fraction of sp³-hybridized carbons (Fsp3) is 0.417. The molecule has 0 aromatic heterocycles. The van der Waals surface area contributed by atoms with Gasteiger partial charge in [0.2, 0.25) is 10.0 Å². The number of nitrogens with two attached hydrogens (primary N) is 1. The Balaban J connectivity index is 3.40. The highest BCUT2D eigenvalue weighted by molar-refractivity contribution is 7.89. The maximum absolute atomic E-state index is 13.2. The van der Waals surface area contributed by atoms with Crippen LogP contribution in [0.1, 0.15) is 18.1 Å². The van der Waals surface area contributed by atoms with E-state index in [1.165, 1.54) is 19.2 Å². The Morgan fingerprint density at radius 2 is 1.79 bits per heavy atom. The molecule has 0 heterocycles. The van der Waals surface area contributed by atoms with Gasteiger partial charge in [-0.2, -0.15) is 4.31 Å². The van der Waals surface area contributed by atoms with Crippen molar-refractivity contribution >= 4 is 27.2 Å². The Kier molecular flexibility index (Phi) is 4.65. The average Bonchev–Trinajstić information content (AvgIpc) is 2.24. The number of rotatable bonds is 4. The van der Waals surface area contributed by atoms with E-state index in [1.807, 2.05) is 0 Å². The normalized spacial score (nSPS) is 13.6. The highest BCUT2D eigenvalue weighted by Gasteiger charge is 2.29. The third kappa shape index (κ3) is 3.10. The van der Waals surface area contributed by atoms with Crippen molar-refractivity contribution in [2.24, 2.45) is 5.73 Å². The molecule has 1 unspecified atom stereocenters. The maximum Gasteiger partial charge on any atom is 0.243 e. The number of halogens is 1. The molecule has 0 bridgehead atoms. The maximum atomic E-state index is 13.2. The van der Waals surface area contributed by atoms with Gasteiger partial charge in [0.25, 0.3) is 0 Å². The Bertz CT molecular complexity index is 591. The first-order valence-electron chi connectivity index (χ1n) is 5.63. The van der Waals surface area contributed by atoms with Gasteiger partial charge in [0.1, 0.15) is 5.82 Å². The predicted octanol–water partition coefficient (Wildman–Crippen LogP) is 1.74. The van der Waals surface area contributed by atoms with Crippen LogP contribution in [0.5, 0.6) is 0 Å². The van der Waals surface area contributed by atoms with Crippen LogP contribution in [0.2, 0.25) is 0 Å². The molecule has 19 heavy (non-hydrogen) atoms. The standard InChI is InChI=1S/C12H17FN2O2S2/c1-7-5-10(13)6-8(2)11(7)19(16,17)15(4)9(3)12(14)18/h5-6,9H,1-4H3,(H2,14,18). The smallest absolute Gasteiger partial charge is 0.243 e. The Hall–Kier alpha value is -1.05. The molecule has 106 valence electrons. The van der Waals surface area contributed by atoms with E-state index < -0.39 is 21.9 Å². The molecule has 0 spiro atoms. The van der Waals surface area contributed by atoms with Crippen molar-refractivity contribution in [3.8, 4) is 0 Å². The minimum absolute atomic E-state index is 0.0866. The number of benzene rings is 1. The van der Waals surface area contributed by atoms with Gasteiger partial charge >= 0.3 is 0 Å². The third-order valence-corrected chi connectivity index (χ3v) is 5.59. The van der Waals surface area contributed by atoms with Crippen molar-refractivity contribution in [1.29, 1.82) is 0 Å². The van der Waals surface area contributed by atoms with E-state index in [2.05, 4.69) is 0 Å². The van der Waals surface area contributed by atoms with Crippen molar-refractivity contribution in [2.45, 2.75) is 31.7 Å². The molecule has 1 aromatic rings. The number of sulfonamides is 1. The van der Waals surface area contributed by atoms with Crippen molar-refractivity contribution in [3.05, 3.63) is 29.1 Å². The lowest BCUT2D eigenvalue weighted by molar-refractivity contribution is 0.450. The summed E-state index contributed by atoms with van der Waals surface area (Å²) >= 11 is 4.81. The minimum atomic E-state index is -3.76. The number of nitrogens with zero attached hydrogens (tertiary/aromatic N) is 1. The monoisotopic (exact) mass is 304 g/mol. The molecule has 0 aliphatic heterocycles. The van der Waals surface area contributed by atoms with E-state index in [1.54, 1.807) is 20.8 Å². The molecule has 0 amide bonds. The van der Waals surface area contributed by atoms with Crippen LogP contribution in [0, 0.1) is 19.7 Å². The summed E-state index contributed by atoms with van der Waals surface area (Å²) in [6.07, 6.45) is 0. The van der Waals surface area contributed by atoms with Crippen molar-refractivity contribution in [1.82, 2.24) is 4.31 Å². The molecule has 0 saturated carbocycles. The molecule has 0 saturated heterocycles. The molecule has 1 atom stereocenters. The van der Waals surface area contributed by atoms with Gasteiger partial charge in [-0.1, -0.05) is 12.2 Å². The average molecular weight is 304 g/mol. The number of likely N-dealkylation sites (N-methyl/N-ethyl adjacent to an activating group) is 1. The van der Waals surface area contributed by atoms with E-state index in [0.29, 0.717) is 11.1 Å². The minimum Gasteiger partial charge on any atom is -0.392 e. The van der Waals surface area contributed by atoms with E-state index in [4.69, 9.17) is 18.0 Å². The first-order chi connectivity index (χ1) is 8.59. The Morgan fingerprint density at radius 1 is 1.37 bits per heavy atom. The largest absolute Gasteiger partial charge is 0.392 e. The van der Waals surface area contributed by atoms with Crippen LogP contribution >= 0.6 is 12.2 Å². The lowest BCUT2D eigenvalue weighted by atomic mass is 10.1.